The van der Waals surface area contributed by atoms with E-state index in [1.165, 1.54) is 167 Å². The number of carbonyl (C=O) groups excluding carboxylic acids is 3. The summed E-state index contributed by atoms with van der Waals surface area (Å²) < 4.78 is 16.9. The van der Waals surface area contributed by atoms with Crippen LogP contribution in [0.25, 0.3) is 0 Å². The molecule has 0 bridgehead atoms. The van der Waals surface area contributed by atoms with Gasteiger partial charge in [0.2, 0.25) is 0 Å². The van der Waals surface area contributed by atoms with Crippen molar-refractivity contribution >= 4 is 17.9 Å². The van der Waals surface area contributed by atoms with Gasteiger partial charge in [0.1, 0.15) is 13.2 Å². The van der Waals surface area contributed by atoms with Gasteiger partial charge in [-0.3, -0.25) is 14.4 Å². The van der Waals surface area contributed by atoms with Crippen LogP contribution in [0, 0.1) is 0 Å². The summed E-state index contributed by atoms with van der Waals surface area (Å²) in [6, 6.07) is 0. The van der Waals surface area contributed by atoms with Crippen molar-refractivity contribution in [2.75, 3.05) is 13.2 Å². The number of carbonyl (C=O) groups is 3. The van der Waals surface area contributed by atoms with Crippen molar-refractivity contribution in [2.45, 2.75) is 348 Å². The van der Waals surface area contributed by atoms with Crippen LogP contribution in [-0.4, -0.2) is 37.2 Å². The normalized spacial score (nSPS) is 12.8. The van der Waals surface area contributed by atoms with Gasteiger partial charge in [-0.2, -0.15) is 0 Å². The fourth-order valence-electron chi connectivity index (χ4n) is 9.95. The van der Waals surface area contributed by atoms with E-state index >= 15 is 0 Å². The largest absolute Gasteiger partial charge is 0.462 e. The smallest absolute Gasteiger partial charge is 0.306 e. The molecule has 0 aromatic rings. The molecule has 83 heavy (non-hydrogen) atoms. The van der Waals surface area contributed by atoms with Crippen molar-refractivity contribution < 1.29 is 28.6 Å². The predicted molar refractivity (Wildman–Crippen MR) is 362 cm³/mol. The molecule has 1 unspecified atom stereocenters. The summed E-state index contributed by atoms with van der Waals surface area (Å²) in [5, 5.41) is 0. The van der Waals surface area contributed by atoms with E-state index in [4.69, 9.17) is 14.2 Å². The minimum atomic E-state index is -0.803. The van der Waals surface area contributed by atoms with Gasteiger partial charge >= 0.3 is 17.9 Å². The average molecular weight is 1150 g/mol. The summed E-state index contributed by atoms with van der Waals surface area (Å²) >= 11 is 0. The van der Waals surface area contributed by atoms with Crippen LogP contribution in [-0.2, 0) is 28.6 Å². The molecule has 0 N–H and O–H groups in total. The maximum atomic E-state index is 12.9. The number of rotatable bonds is 64. The molecular weight excluding hydrogens is 1020 g/mol. The van der Waals surface area contributed by atoms with Gasteiger partial charge in [0, 0.05) is 19.3 Å². The molecule has 0 aliphatic rings. The van der Waals surface area contributed by atoms with Crippen LogP contribution >= 0.6 is 0 Å². The van der Waals surface area contributed by atoms with Gasteiger partial charge in [-0.25, -0.2) is 0 Å². The molecule has 6 heteroatoms. The lowest BCUT2D eigenvalue weighted by atomic mass is 10.0. The van der Waals surface area contributed by atoms with E-state index in [2.05, 4.69) is 130 Å². The third-order valence-electron chi connectivity index (χ3n) is 15.2. The quantitative estimate of drug-likeness (QED) is 0.0261. The summed E-state index contributed by atoms with van der Waals surface area (Å²) in [4.78, 5) is 38.4. The molecule has 0 saturated carbocycles. The molecule has 1 atom stereocenters. The summed E-state index contributed by atoms with van der Waals surface area (Å²) in [6.07, 6.45) is 97.0. The molecule has 0 aromatic heterocycles. The highest BCUT2D eigenvalue weighted by atomic mass is 16.6. The van der Waals surface area contributed by atoms with Crippen molar-refractivity contribution in [3.05, 3.63) is 109 Å². The molecule has 0 saturated heterocycles. The number of unbranched alkanes of at least 4 members (excludes halogenated alkanes) is 35. The number of hydrogen-bond acceptors (Lipinski definition) is 6. The van der Waals surface area contributed by atoms with Crippen molar-refractivity contribution in [1.82, 2.24) is 0 Å². The van der Waals surface area contributed by atoms with Crippen LogP contribution in [0.2, 0.25) is 0 Å². The van der Waals surface area contributed by atoms with E-state index in [0.717, 1.165) is 135 Å². The Labute approximate surface area is 514 Å². The van der Waals surface area contributed by atoms with Crippen molar-refractivity contribution in [1.29, 1.82) is 0 Å². The average Bonchev–Trinajstić information content (AvgIpc) is 3.49. The van der Waals surface area contributed by atoms with Crippen LogP contribution < -0.4 is 0 Å². The van der Waals surface area contributed by atoms with E-state index < -0.39 is 6.10 Å². The highest BCUT2D eigenvalue weighted by Gasteiger charge is 2.19. The summed E-state index contributed by atoms with van der Waals surface area (Å²) in [5.41, 5.74) is 0. The van der Waals surface area contributed by atoms with Crippen LogP contribution in [0.1, 0.15) is 342 Å². The van der Waals surface area contributed by atoms with Crippen molar-refractivity contribution in [2.24, 2.45) is 0 Å². The SMILES string of the molecule is CC/C=C\C/C=C\C/C=C\C/C=C\C/C=C\CCCCCC(=O)OC(COC(=O)CCCCCCC/C=C\C/C=C\CCC)COC(=O)CCCCCCCCCCCCCCCCCCCCCCC/C=C\C/C=C\CCCCCCC. The number of ether oxygens (including phenoxy) is 3. The Bertz CT molecular complexity index is 1660. The van der Waals surface area contributed by atoms with E-state index in [-0.39, 0.29) is 37.5 Å². The number of hydrogen-bond donors (Lipinski definition) is 0. The molecule has 0 heterocycles. The topological polar surface area (TPSA) is 78.9 Å². The van der Waals surface area contributed by atoms with Crippen LogP contribution in [0.4, 0.5) is 0 Å². The molecule has 0 aromatic carbocycles. The molecule has 0 aliphatic carbocycles. The highest BCUT2D eigenvalue weighted by Crippen LogP contribution is 2.17. The van der Waals surface area contributed by atoms with Gasteiger partial charge < -0.3 is 14.2 Å². The maximum absolute atomic E-state index is 12.9. The summed E-state index contributed by atoms with van der Waals surface area (Å²) in [6.45, 7) is 6.44. The van der Waals surface area contributed by atoms with Gasteiger partial charge in [-0.15, -0.1) is 0 Å². The second-order valence-electron chi connectivity index (χ2n) is 23.4. The van der Waals surface area contributed by atoms with Crippen molar-refractivity contribution in [3.8, 4) is 0 Å². The minimum Gasteiger partial charge on any atom is -0.462 e. The molecule has 6 nitrogen and oxygen atoms in total. The lowest BCUT2D eigenvalue weighted by molar-refractivity contribution is -0.167. The third kappa shape index (κ3) is 68.7. The molecule has 0 fully saturated rings. The van der Waals surface area contributed by atoms with E-state index in [9.17, 15) is 14.4 Å². The van der Waals surface area contributed by atoms with Gasteiger partial charge in [0.25, 0.3) is 0 Å². The Balaban J connectivity index is 4.21. The first kappa shape index (κ1) is 79.1. The fraction of sp³-hybridized carbons (Fsp3) is 0.727. The van der Waals surface area contributed by atoms with E-state index in [1.807, 2.05) is 0 Å². The Kier molecular flexibility index (Phi) is 67.2. The molecule has 0 amide bonds. The van der Waals surface area contributed by atoms with Crippen molar-refractivity contribution in [3.63, 3.8) is 0 Å². The second-order valence-corrected chi connectivity index (χ2v) is 23.4. The van der Waals surface area contributed by atoms with Crippen LogP contribution in [0.15, 0.2) is 109 Å². The van der Waals surface area contributed by atoms with Crippen LogP contribution in [0.5, 0.6) is 0 Å². The van der Waals surface area contributed by atoms with Crippen LogP contribution in [0.3, 0.4) is 0 Å². The zero-order chi connectivity index (χ0) is 59.9. The number of allylic oxidation sites excluding steroid dienone is 18. The van der Waals surface area contributed by atoms with Gasteiger partial charge in [-0.1, -0.05) is 310 Å². The standard InChI is InChI=1S/C77H132O6/c1-4-7-10-13-16-19-22-25-27-29-31-32-33-34-35-36-37-38-39-40-41-42-43-44-46-47-49-52-55-58-61-64-67-70-76(79)82-73-74(72-81-75(78)69-66-63-60-57-54-51-24-21-18-15-12-9-6-3)83-77(80)71-68-65-62-59-56-53-50-48-45-30-28-26-23-20-17-14-11-8-5-2/h8,11-12,15,17,20-22,24-26,28-29,31,45,48,53,56,74H,4-7,9-10,13-14,16,18-19,23,27,30,32-44,46-47,49-52,54-55,57-73H2,1-3H3/b11-8-,15-12-,20-17-,24-21-,25-22-,28-26-,31-29-,48-45-,56-53-. The molecular formula is C77H132O6. The fourth-order valence-corrected chi connectivity index (χ4v) is 9.95. The monoisotopic (exact) mass is 1150 g/mol. The predicted octanol–water partition coefficient (Wildman–Crippen LogP) is 24.6. The Morgan fingerprint density at radius 3 is 0.795 bits per heavy atom. The molecule has 0 radical (unpaired) electrons. The molecule has 476 valence electrons. The minimum absolute atomic E-state index is 0.0946. The molecule has 0 spiro atoms. The molecule has 0 rings (SSSR count). The molecule has 0 aliphatic heterocycles. The van der Waals surface area contributed by atoms with E-state index in [0.29, 0.717) is 12.8 Å². The number of esters is 3. The second kappa shape index (κ2) is 70.6. The first-order valence-electron chi connectivity index (χ1n) is 35.4. The third-order valence-corrected chi connectivity index (χ3v) is 15.2. The summed E-state index contributed by atoms with van der Waals surface area (Å²) in [5.74, 6) is -0.931. The lowest BCUT2D eigenvalue weighted by Gasteiger charge is -2.18. The van der Waals surface area contributed by atoms with Gasteiger partial charge in [0.15, 0.2) is 6.10 Å². The zero-order valence-corrected chi connectivity index (χ0v) is 54.7. The highest BCUT2D eigenvalue weighted by molar-refractivity contribution is 5.71. The maximum Gasteiger partial charge on any atom is 0.306 e. The first-order chi connectivity index (χ1) is 41.0. The zero-order valence-electron chi connectivity index (χ0n) is 54.7. The van der Waals surface area contributed by atoms with E-state index in [1.54, 1.807) is 0 Å². The Hall–Kier alpha value is -3.93. The first-order valence-corrected chi connectivity index (χ1v) is 35.4. The van der Waals surface area contributed by atoms with Gasteiger partial charge in [0.05, 0.1) is 0 Å². The Morgan fingerprint density at radius 1 is 0.253 bits per heavy atom. The Morgan fingerprint density at radius 2 is 0.494 bits per heavy atom. The summed E-state index contributed by atoms with van der Waals surface area (Å²) in [7, 11) is 0. The lowest BCUT2D eigenvalue weighted by Crippen LogP contribution is -2.30. The van der Waals surface area contributed by atoms with Gasteiger partial charge in [-0.05, 0) is 122 Å².